The quantitative estimate of drug-likeness (QED) is 0.356. The van der Waals surface area contributed by atoms with Gasteiger partial charge in [-0.1, -0.05) is 66.7 Å². The summed E-state index contributed by atoms with van der Waals surface area (Å²) >= 11 is 0. The number of carbonyl (C=O) groups excluding carboxylic acids is 2. The van der Waals surface area contributed by atoms with Gasteiger partial charge in [-0.15, -0.1) is 0 Å². The van der Waals surface area contributed by atoms with Gasteiger partial charge in [-0.2, -0.15) is 0 Å². The minimum atomic E-state index is -3.69. The molecule has 0 aliphatic carbocycles. The Morgan fingerprint density at radius 3 is 2.16 bits per heavy atom. The third kappa shape index (κ3) is 7.72. The number of rotatable bonds is 13. The first-order chi connectivity index (χ1) is 18.2. The first kappa shape index (κ1) is 29.0. The van der Waals surface area contributed by atoms with Crippen molar-refractivity contribution in [3.8, 4) is 0 Å². The zero-order valence-electron chi connectivity index (χ0n) is 21.7. The highest BCUT2D eigenvalue weighted by Crippen LogP contribution is 2.19. The normalized spacial score (nSPS) is 12.2. The highest BCUT2D eigenvalue weighted by Gasteiger charge is 2.31. The van der Waals surface area contributed by atoms with E-state index < -0.39 is 21.9 Å². The Morgan fingerprint density at radius 2 is 1.53 bits per heavy atom. The van der Waals surface area contributed by atoms with Gasteiger partial charge in [-0.25, -0.2) is 17.1 Å². The second-order valence-electron chi connectivity index (χ2n) is 8.96. The molecule has 1 N–H and O–H groups in total. The summed E-state index contributed by atoms with van der Waals surface area (Å²) < 4.78 is 41.5. The summed E-state index contributed by atoms with van der Waals surface area (Å²) in [5.74, 6) is -1.15. The smallest absolute Gasteiger partial charge is 0.243 e. The molecule has 1 unspecified atom stereocenters. The average molecular weight is 540 g/mol. The van der Waals surface area contributed by atoms with Crippen molar-refractivity contribution in [1.29, 1.82) is 0 Å². The first-order valence-corrected chi connectivity index (χ1v) is 14.0. The molecule has 3 aromatic carbocycles. The van der Waals surface area contributed by atoms with E-state index in [0.717, 1.165) is 5.56 Å². The molecule has 0 saturated carbocycles. The summed E-state index contributed by atoms with van der Waals surface area (Å²) in [5.41, 5.74) is 1.16. The predicted molar refractivity (Wildman–Crippen MR) is 145 cm³/mol. The molecular weight excluding hydrogens is 505 g/mol. The van der Waals surface area contributed by atoms with E-state index in [1.165, 1.54) is 34.5 Å². The lowest BCUT2D eigenvalue weighted by molar-refractivity contribution is -0.141. The fourth-order valence-electron chi connectivity index (χ4n) is 4.15. The monoisotopic (exact) mass is 539 g/mol. The molecule has 0 fully saturated rings. The summed E-state index contributed by atoms with van der Waals surface area (Å²) in [6, 6.07) is 22.7. The molecule has 0 spiro atoms. The molecule has 3 aromatic rings. The van der Waals surface area contributed by atoms with Crippen LogP contribution in [0.25, 0.3) is 0 Å². The van der Waals surface area contributed by atoms with Crippen molar-refractivity contribution in [2.45, 2.75) is 43.7 Å². The maximum Gasteiger partial charge on any atom is 0.243 e. The highest BCUT2D eigenvalue weighted by atomic mass is 32.2. The lowest BCUT2D eigenvalue weighted by Crippen LogP contribution is -2.50. The summed E-state index contributed by atoms with van der Waals surface area (Å²) in [6.07, 6.45) is 0.492. The van der Waals surface area contributed by atoms with Crippen LogP contribution in [0.3, 0.4) is 0 Å². The van der Waals surface area contributed by atoms with E-state index in [1.54, 1.807) is 43.3 Å². The van der Waals surface area contributed by atoms with Crippen LogP contribution in [0.15, 0.2) is 89.8 Å². The van der Waals surface area contributed by atoms with Crippen LogP contribution < -0.4 is 5.32 Å². The Balaban J connectivity index is 1.81. The number of sulfonamides is 1. The third-order valence-electron chi connectivity index (χ3n) is 6.24. The largest absolute Gasteiger partial charge is 0.355 e. The van der Waals surface area contributed by atoms with Gasteiger partial charge in [0.15, 0.2) is 0 Å². The number of amides is 2. The van der Waals surface area contributed by atoms with Crippen LogP contribution in [-0.2, 0) is 32.6 Å². The molecule has 202 valence electrons. The summed E-state index contributed by atoms with van der Waals surface area (Å²) in [5, 5.41) is 2.80. The van der Waals surface area contributed by atoms with Crippen LogP contribution in [0.5, 0.6) is 0 Å². The summed E-state index contributed by atoms with van der Waals surface area (Å²) in [4.78, 5) is 28.3. The molecule has 9 heteroatoms. The van der Waals surface area contributed by atoms with Crippen LogP contribution in [0.1, 0.15) is 30.9 Å². The van der Waals surface area contributed by atoms with Crippen molar-refractivity contribution in [3.05, 3.63) is 102 Å². The van der Waals surface area contributed by atoms with E-state index in [2.05, 4.69) is 5.32 Å². The third-order valence-corrected chi connectivity index (χ3v) is 8.11. The van der Waals surface area contributed by atoms with Crippen molar-refractivity contribution < 1.29 is 22.4 Å². The van der Waals surface area contributed by atoms with Gasteiger partial charge in [0.2, 0.25) is 21.8 Å². The van der Waals surface area contributed by atoms with E-state index in [1.807, 2.05) is 30.3 Å². The Bertz CT molecular complexity index is 1300. The molecule has 2 amide bonds. The summed E-state index contributed by atoms with van der Waals surface area (Å²) in [7, 11) is -2.23. The lowest BCUT2D eigenvalue weighted by Gasteiger charge is -2.32. The molecule has 0 aliphatic heterocycles. The molecule has 7 nitrogen and oxygen atoms in total. The highest BCUT2D eigenvalue weighted by molar-refractivity contribution is 7.89. The van der Waals surface area contributed by atoms with E-state index >= 15 is 0 Å². The molecule has 0 aliphatic rings. The number of hydrogen-bond acceptors (Lipinski definition) is 4. The van der Waals surface area contributed by atoms with Gasteiger partial charge in [-0.05, 0) is 37.1 Å². The number of hydrogen-bond donors (Lipinski definition) is 1. The first-order valence-electron chi connectivity index (χ1n) is 12.6. The molecular formula is C29H34FN3O4S. The number of benzene rings is 3. The van der Waals surface area contributed by atoms with E-state index in [-0.39, 0.29) is 49.1 Å². The second-order valence-corrected chi connectivity index (χ2v) is 11.0. The number of nitrogens with zero attached hydrogens (tertiary/aromatic N) is 2. The zero-order chi connectivity index (χ0) is 27.5. The Hall–Kier alpha value is -3.56. The average Bonchev–Trinajstić information content (AvgIpc) is 2.92. The van der Waals surface area contributed by atoms with Crippen LogP contribution in [0.2, 0.25) is 0 Å². The zero-order valence-corrected chi connectivity index (χ0v) is 22.5. The van der Waals surface area contributed by atoms with Crippen LogP contribution in [0.4, 0.5) is 4.39 Å². The fraction of sp³-hybridized carbons (Fsp3) is 0.310. The van der Waals surface area contributed by atoms with Gasteiger partial charge < -0.3 is 10.2 Å². The van der Waals surface area contributed by atoms with E-state index in [0.29, 0.717) is 12.1 Å². The molecule has 3 rings (SSSR count). The molecule has 0 bridgehead atoms. The second kappa shape index (κ2) is 13.8. The lowest BCUT2D eigenvalue weighted by atomic mass is 10.0. The molecule has 38 heavy (non-hydrogen) atoms. The molecule has 0 aromatic heterocycles. The van der Waals surface area contributed by atoms with Gasteiger partial charge in [0.1, 0.15) is 11.9 Å². The molecule has 0 heterocycles. The van der Waals surface area contributed by atoms with Gasteiger partial charge in [0, 0.05) is 45.1 Å². The number of halogens is 1. The number of likely N-dealkylation sites (N-methyl/N-ethyl adjacent to an activating group) is 1. The van der Waals surface area contributed by atoms with Gasteiger partial charge >= 0.3 is 0 Å². The van der Waals surface area contributed by atoms with E-state index in [4.69, 9.17) is 0 Å². The minimum absolute atomic E-state index is 0.00615. The SMILES string of the molecule is CCNC(=O)C(Cc1ccccc1)N(Cc1ccccc1F)C(=O)CCCN(C)S(=O)(=O)c1ccccc1. The molecule has 0 radical (unpaired) electrons. The van der Waals surface area contributed by atoms with Gasteiger partial charge in [-0.3, -0.25) is 9.59 Å². The molecule has 0 saturated heterocycles. The maximum atomic E-state index is 14.6. The summed E-state index contributed by atoms with van der Waals surface area (Å²) in [6.45, 7) is 2.21. The van der Waals surface area contributed by atoms with Crippen LogP contribution in [0, 0.1) is 5.82 Å². The Labute approximate surface area is 224 Å². The van der Waals surface area contributed by atoms with Gasteiger partial charge in [0.25, 0.3) is 0 Å². The standard InChI is InChI=1S/C29H34FN3O4S/c1-3-31-29(35)27(21-23-13-6-4-7-14-23)33(22-24-15-10-11-18-26(24)30)28(34)19-12-20-32(2)38(36,37)25-16-8-5-9-17-25/h4-11,13-18,27H,3,12,19-22H2,1-2H3,(H,31,35). The number of carbonyl (C=O) groups is 2. The van der Waals surface area contributed by atoms with Crippen LogP contribution in [-0.4, -0.2) is 55.6 Å². The minimum Gasteiger partial charge on any atom is -0.355 e. The van der Waals surface area contributed by atoms with Crippen molar-refractivity contribution in [3.63, 3.8) is 0 Å². The van der Waals surface area contributed by atoms with Crippen molar-refractivity contribution >= 4 is 21.8 Å². The van der Waals surface area contributed by atoms with E-state index in [9.17, 15) is 22.4 Å². The molecule has 1 atom stereocenters. The van der Waals surface area contributed by atoms with Crippen molar-refractivity contribution in [1.82, 2.24) is 14.5 Å². The Morgan fingerprint density at radius 1 is 0.921 bits per heavy atom. The predicted octanol–water partition coefficient (Wildman–Crippen LogP) is 4.00. The number of nitrogens with one attached hydrogen (secondary N) is 1. The van der Waals surface area contributed by atoms with Crippen LogP contribution >= 0.6 is 0 Å². The van der Waals surface area contributed by atoms with Crippen molar-refractivity contribution in [2.24, 2.45) is 0 Å². The maximum absolute atomic E-state index is 14.6. The van der Waals surface area contributed by atoms with Crippen molar-refractivity contribution in [2.75, 3.05) is 20.1 Å². The fourth-order valence-corrected chi connectivity index (χ4v) is 5.38. The topological polar surface area (TPSA) is 86.8 Å². The Kier molecular flexibility index (Phi) is 10.6. The van der Waals surface area contributed by atoms with Gasteiger partial charge in [0.05, 0.1) is 4.90 Å².